The maximum absolute atomic E-state index is 5.11. The van der Waals surface area contributed by atoms with Gasteiger partial charge in [0.15, 0.2) is 0 Å². The second-order valence-electron chi connectivity index (χ2n) is 8.13. The van der Waals surface area contributed by atoms with Crippen LogP contribution < -0.4 is 0 Å². The van der Waals surface area contributed by atoms with Gasteiger partial charge in [-0.05, 0) is 67.6 Å². The third-order valence-electron chi connectivity index (χ3n) is 6.01. The lowest BCUT2D eigenvalue weighted by Crippen LogP contribution is -2.11. The Morgan fingerprint density at radius 2 is 1.79 bits per heavy atom. The quantitative estimate of drug-likeness (QED) is 0.348. The minimum Gasteiger partial charge on any atom is -0.381 e. The number of hydrogen-bond donors (Lipinski definition) is 0. The summed E-state index contributed by atoms with van der Waals surface area (Å²) in [4.78, 5) is 4.70. The van der Waals surface area contributed by atoms with Gasteiger partial charge in [0.25, 0.3) is 0 Å². The van der Waals surface area contributed by atoms with Crippen molar-refractivity contribution in [2.75, 3.05) is 13.7 Å². The zero-order valence-corrected chi connectivity index (χ0v) is 17.6. The van der Waals surface area contributed by atoms with Gasteiger partial charge < -0.3 is 4.74 Å². The Labute approximate surface area is 171 Å². The number of hydrogen-bond acceptors (Lipinski definition) is 2. The molecule has 0 atom stereocenters. The number of nitrogens with zero attached hydrogens (tertiary/aromatic N) is 1. The molecule has 1 aliphatic rings. The number of aryl methyl sites for hydroxylation is 1. The van der Waals surface area contributed by atoms with Gasteiger partial charge in [-0.25, -0.2) is 0 Å². The summed E-state index contributed by atoms with van der Waals surface area (Å²) >= 11 is 0. The van der Waals surface area contributed by atoms with Crippen LogP contribution in [0.15, 0.2) is 54.7 Å². The van der Waals surface area contributed by atoms with E-state index in [1.165, 1.54) is 61.6 Å². The second-order valence-corrected chi connectivity index (χ2v) is 8.13. The third-order valence-corrected chi connectivity index (χ3v) is 6.01. The summed E-state index contributed by atoms with van der Waals surface area (Å²) in [5.74, 6) is 1.43. The summed E-state index contributed by atoms with van der Waals surface area (Å²) in [6.45, 7) is 2.98. The molecule has 1 saturated carbocycles. The Kier molecular flexibility index (Phi) is 8.29. The van der Waals surface area contributed by atoms with Gasteiger partial charge in [0, 0.05) is 18.9 Å². The lowest BCUT2D eigenvalue weighted by atomic mass is 9.78. The van der Waals surface area contributed by atoms with Crippen molar-refractivity contribution in [1.29, 1.82) is 0 Å². The van der Waals surface area contributed by atoms with E-state index in [2.05, 4.69) is 61.7 Å². The molecule has 0 unspecified atom stereocenters. The minimum atomic E-state index is 0.704. The van der Waals surface area contributed by atoms with Crippen LogP contribution in [-0.4, -0.2) is 18.7 Å². The topological polar surface area (TPSA) is 22.1 Å². The molecule has 0 saturated heterocycles. The number of pyridine rings is 1. The first-order chi connectivity index (χ1) is 13.8. The van der Waals surface area contributed by atoms with Crippen molar-refractivity contribution < 1.29 is 4.74 Å². The smallest absolute Gasteiger partial charge is 0.0702 e. The number of rotatable bonds is 9. The molecular formula is C26H35NO. The van der Waals surface area contributed by atoms with Gasteiger partial charge in [0.1, 0.15) is 0 Å². The molecule has 1 fully saturated rings. The van der Waals surface area contributed by atoms with Gasteiger partial charge in [0.05, 0.1) is 12.3 Å². The van der Waals surface area contributed by atoms with E-state index in [0.29, 0.717) is 5.92 Å². The lowest BCUT2D eigenvalue weighted by molar-refractivity contribution is 0.233. The van der Waals surface area contributed by atoms with E-state index in [1.54, 1.807) is 7.11 Å². The van der Waals surface area contributed by atoms with Crippen LogP contribution in [0.1, 0.15) is 68.9 Å². The highest BCUT2D eigenvalue weighted by Crippen LogP contribution is 2.36. The molecule has 28 heavy (non-hydrogen) atoms. The summed E-state index contributed by atoms with van der Waals surface area (Å²) in [6, 6.07) is 13.5. The van der Waals surface area contributed by atoms with Crippen molar-refractivity contribution in [3.05, 3.63) is 65.9 Å². The average molecular weight is 378 g/mol. The van der Waals surface area contributed by atoms with E-state index < -0.39 is 0 Å². The Hall–Kier alpha value is -1.93. The molecule has 150 valence electrons. The fourth-order valence-corrected chi connectivity index (χ4v) is 4.24. The van der Waals surface area contributed by atoms with Crippen LogP contribution in [0.25, 0.3) is 11.3 Å². The third kappa shape index (κ3) is 6.04. The van der Waals surface area contributed by atoms with E-state index in [0.717, 1.165) is 24.6 Å². The maximum atomic E-state index is 5.11. The summed E-state index contributed by atoms with van der Waals surface area (Å²) in [5.41, 5.74) is 5.14. The largest absolute Gasteiger partial charge is 0.381 e. The molecule has 1 aromatic heterocycles. The lowest BCUT2D eigenvalue weighted by Gasteiger charge is -2.27. The highest BCUT2D eigenvalue weighted by molar-refractivity contribution is 5.59. The summed E-state index contributed by atoms with van der Waals surface area (Å²) in [6.07, 6.45) is 16.7. The van der Waals surface area contributed by atoms with Gasteiger partial charge in [0.2, 0.25) is 0 Å². The van der Waals surface area contributed by atoms with Crippen LogP contribution in [0.3, 0.4) is 0 Å². The van der Waals surface area contributed by atoms with Crippen LogP contribution in [0.5, 0.6) is 0 Å². The monoisotopic (exact) mass is 377 g/mol. The van der Waals surface area contributed by atoms with E-state index in [4.69, 9.17) is 9.72 Å². The zero-order chi connectivity index (χ0) is 19.6. The van der Waals surface area contributed by atoms with E-state index in [1.807, 2.05) is 0 Å². The number of ether oxygens (including phenoxy) is 1. The molecule has 0 spiro atoms. The summed E-state index contributed by atoms with van der Waals surface area (Å²) in [7, 11) is 1.75. The van der Waals surface area contributed by atoms with E-state index in [9.17, 15) is 0 Å². The molecule has 1 heterocycles. The Morgan fingerprint density at radius 3 is 2.43 bits per heavy atom. The summed E-state index contributed by atoms with van der Waals surface area (Å²) in [5, 5.41) is 0. The van der Waals surface area contributed by atoms with Crippen molar-refractivity contribution in [2.24, 2.45) is 5.92 Å². The molecule has 1 aromatic carbocycles. The standard InChI is InChI=1S/C26H35NO/c1-3-4-5-7-22-11-18-26(27-20-22)25-16-14-24(15-17-25)23-12-9-21(10-13-23)8-6-19-28-2/h6,8,11,14-18,20-21,23H,3-5,7,9-10,12-13,19H2,1-2H3/t21-,23-. The number of aromatic nitrogens is 1. The van der Waals surface area contributed by atoms with Crippen LogP contribution in [0.4, 0.5) is 0 Å². The van der Waals surface area contributed by atoms with Crippen molar-refractivity contribution in [2.45, 2.75) is 64.2 Å². The number of unbranched alkanes of at least 4 members (excludes halogenated alkanes) is 2. The SMILES string of the molecule is CCCCCc1ccc(-c2ccc([C@H]3CC[C@H](C=CCOC)CC3)cc2)nc1. The highest BCUT2D eigenvalue weighted by atomic mass is 16.5. The van der Waals surface area contributed by atoms with Crippen molar-refractivity contribution in [1.82, 2.24) is 4.98 Å². The molecule has 3 rings (SSSR count). The Bertz CT molecular complexity index is 709. The van der Waals surface area contributed by atoms with Crippen molar-refractivity contribution >= 4 is 0 Å². The first kappa shape index (κ1) is 20.8. The number of benzene rings is 1. The highest BCUT2D eigenvalue weighted by Gasteiger charge is 2.20. The minimum absolute atomic E-state index is 0.704. The van der Waals surface area contributed by atoms with Crippen molar-refractivity contribution in [3.8, 4) is 11.3 Å². The van der Waals surface area contributed by atoms with E-state index >= 15 is 0 Å². The normalized spacial score (nSPS) is 19.9. The predicted octanol–water partition coefficient (Wildman–Crippen LogP) is 6.96. The van der Waals surface area contributed by atoms with Gasteiger partial charge in [-0.3, -0.25) is 4.98 Å². The fourth-order valence-electron chi connectivity index (χ4n) is 4.24. The average Bonchev–Trinajstić information content (AvgIpc) is 2.75. The molecule has 0 N–H and O–H groups in total. The molecular weight excluding hydrogens is 342 g/mol. The van der Waals surface area contributed by atoms with Gasteiger partial charge in [-0.1, -0.05) is 62.2 Å². The molecule has 0 amide bonds. The van der Waals surface area contributed by atoms with Gasteiger partial charge in [-0.2, -0.15) is 0 Å². The van der Waals surface area contributed by atoms with Crippen LogP contribution >= 0.6 is 0 Å². The number of methoxy groups -OCH3 is 1. The molecule has 0 aliphatic heterocycles. The molecule has 2 aromatic rings. The number of allylic oxidation sites excluding steroid dienone is 1. The Morgan fingerprint density at radius 1 is 1.00 bits per heavy atom. The molecule has 2 heteroatoms. The molecule has 1 aliphatic carbocycles. The first-order valence-corrected chi connectivity index (χ1v) is 11.0. The van der Waals surface area contributed by atoms with Gasteiger partial charge in [-0.15, -0.1) is 0 Å². The van der Waals surface area contributed by atoms with E-state index in [-0.39, 0.29) is 0 Å². The fraction of sp³-hybridized carbons (Fsp3) is 0.500. The molecule has 0 radical (unpaired) electrons. The van der Waals surface area contributed by atoms with Crippen LogP contribution in [0, 0.1) is 5.92 Å². The summed E-state index contributed by atoms with van der Waals surface area (Å²) < 4.78 is 5.11. The Balaban J connectivity index is 1.54. The maximum Gasteiger partial charge on any atom is 0.0702 e. The molecule has 0 bridgehead atoms. The second kappa shape index (κ2) is 11.2. The van der Waals surface area contributed by atoms with Crippen LogP contribution in [-0.2, 0) is 11.2 Å². The first-order valence-electron chi connectivity index (χ1n) is 11.0. The van der Waals surface area contributed by atoms with Crippen molar-refractivity contribution in [3.63, 3.8) is 0 Å². The zero-order valence-electron chi connectivity index (χ0n) is 17.6. The van der Waals surface area contributed by atoms with Gasteiger partial charge >= 0.3 is 0 Å². The van der Waals surface area contributed by atoms with Crippen LogP contribution in [0.2, 0.25) is 0 Å². The predicted molar refractivity (Wildman–Crippen MR) is 119 cm³/mol. The molecule has 2 nitrogen and oxygen atoms in total.